The molecule has 16 heavy (non-hydrogen) atoms. The lowest BCUT2D eigenvalue weighted by atomic mass is 9.96. The van der Waals surface area contributed by atoms with Crippen LogP contribution in [-0.4, -0.2) is 21.9 Å². The fraction of sp³-hybridized carbons (Fsp3) is 0.615. The monoisotopic (exact) mass is 235 g/mol. The Morgan fingerprint density at radius 2 is 2.06 bits per heavy atom. The van der Waals surface area contributed by atoms with Crippen LogP contribution in [0.2, 0.25) is 0 Å². The first-order valence-corrected chi connectivity index (χ1v) is 7.32. The summed E-state index contributed by atoms with van der Waals surface area (Å²) in [7, 11) is 0. The summed E-state index contributed by atoms with van der Waals surface area (Å²) >= 11 is 2.05. The largest absolute Gasteiger partial charge is 0.348 e. The Balaban J connectivity index is 1.92. The minimum atomic E-state index is 0.352. The van der Waals surface area contributed by atoms with Crippen LogP contribution in [0.1, 0.15) is 47.8 Å². The van der Waals surface area contributed by atoms with Crippen molar-refractivity contribution in [3.05, 3.63) is 23.5 Å². The molecule has 1 aromatic rings. The summed E-state index contributed by atoms with van der Waals surface area (Å²) in [6.45, 7) is 0. The van der Waals surface area contributed by atoms with Crippen molar-refractivity contribution < 1.29 is 4.79 Å². The van der Waals surface area contributed by atoms with Crippen LogP contribution in [-0.2, 0) is 6.42 Å². The van der Waals surface area contributed by atoms with Gasteiger partial charge in [-0.2, -0.15) is 11.8 Å². The summed E-state index contributed by atoms with van der Waals surface area (Å²) < 4.78 is 2.39. The molecule has 0 atom stereocenters. The maximum Gasteiger partial charge on any atom is 0.164 e. The molecule has 2 aliphatic rings. The predicted octanol–water partition coefficient (Wildman–Crippen LogP) is 3.08. The molecule has 3 heteroatoms. The quantitative estimate of drug-likeness (QED) is 0.746. The fourth-order valence-electron chi connectivity index (χ4n) is 2.85. The number of hydrogen-bond donors (Lipinski definition) is 0. The number of carbonyl (C=O) groups excluding carboxylic acids is 1. The summed E-state index contributed by atoms with van der Waals surface area (Å²) in [6.07, 6.45) is 7.56. The molecule has 1 aromatic heterocycles. The van der Waals surface area contributed by atoms with E-state index in [0.717, 1.165) is 24.8 Å². The second-order valence-corrected chi connectivity index (χ2v) is 5.93. The van der Waals surface area contributed by atoms with Gasteiger partial charge in [-0.05, 0) is 43.3 Å². The number of Topliss-reactive ketones (excluding diaryl/α,β-unsaturated/α-hetero) is 1. The zero-order valence-corrected chi connectivity index (χ0v) is 10.3. The smallest absolute Gasteiger partial charge is 0.164 e. The molecule has 0 saturated carbocycles. The van der Waals surface area contributed by atoms with E-state index in [9.17, 15) is 4.79 Å². The van der Waals surface area contributed by atoms with Gasteiger partial charge in [0.15, 0.2) is 5.78 Å². The minimum Gasteiger partial charge on any atom is -0.348 e. The maximum atomic E-state index is 11.8. The third-order valence-electron chi connectivity index (χ3n) is 3.73. The number of fused-ring (bicyclic) bond motifs is 1. The van der Waals surface area contributed by atoms with Crippen molar-refractivity contribution in [1.29, 1.82) is 0 Å². The zero-order valence-electron chi connectivity index (χ0n) is 9.45. The normalized spacial score (nSPS) is 22.1. The molecule has 0 bridgehead atoms. The third-order valence-corrected chi connectivity index (χ3v) is 4.78. The second kappa shape index (κ2) is 4.28. The van der Waals surface area contributed by atoms with Crippen molar-refractivity contribution in [3.63, 3.8) is 0 Å². The summed E-state index contributed by atoms with van der Waals surface area (Å²) in [5.74, 6) is 2.89. The van der Waals surface area contributed by atoms with E-state index in [1.165, 1.54) is 30.0 Å². The number of carbonyl (C=O) groups is 1. The fourth-order valence-corrected chi connectivity index (χ4v) is 3.94. The molecule has 0 amide bonds. The van der Waals surface area contributed by atoms with Crippen LogP contribution in [0.15, 0.2) is 12.3 Å². The van der Waals surface area contributed by atoms with E-state index in [4.69, 9.17) is 0 Å². The lowest BCUT2D eigenvalue weighted by Crippen LogP contribution is -2.19. The van der Waals surface area contributed by atoms with E-state index < -0.39 is 0 Å². The highest BCUT2D eigenvalue weighted by Crippen LogP contribution is 2.32. The van der Waals surface area contributed by atoms with E-state index in [2.05, 4.69) is 22.5 Å². The summed E-state index contributed by atoms with van der Waals surface area (Å²) in [5.41, 5.74) is 2.32. The van der Waals surface area contributed by atoms with Crippen molar-refractivity contribution >= 4 is 17.5 Å². The Morgan fingerprint density at radius 3 is 2.88 bits per heavy atom. The Morgan fingerprint density at radius 1 is 1.25 bits per heavy atom. The van der Waals surface area contributed by atoms with Gasteiger partial charge in [0.25, 0.3) is 0 Å². The maximum absolute atomic E-state index is 11.8. The standard InChI is InChI=1S/C13H17NOS/c15-13-3-1-2-12-11(13)4-7-14(12)10-5-8-16-9-6-10/h4,7,10H,1-3,5-6,8-9H2. The van der Waals surface area contributed by atoms with Crippen molar-refractivity contribution in [1.82, 2.24) is 4.57 Å². The van der Waals surface area contributed by atoms with E-state index >= 15 is 0 Å². The molecular formula is C13H17NOS. The molecule has 1 aliphatic heterocycles. The van der Waals surface area contributed by atoms with Crippen molar-refractivity contribution in [2.75, 3.05) is 11.5 Å². The summed E-state index contributed by atoms with van der Waals surface area (Å²) in [5, 5.41) is 0. The highest BCUT2D eigenvalue weighted by molar-refractivity contribution is 7.99. The van der Waals surface area contributed by atoms with E-state index in [1.54, 1.807) is 0 Å². The Bertz CT molecular complexity index is 404. The van der Waals surface area contributed by atoms with Crippen LogP contribution in [0.25, 0.3) is 0 Å². The lowest BCUT2D eigenvalue weighted by Gasteiger charge is -2.26. The summed E-state index contributed by atoms with van der Waals surface area (Å²) in [4.78, 5) is 11.8. The average molecular weight is 235 g/mol. The molecule has 0 N–H and O–H groups in total. The minimum absolute atomic E-state index is 0.352. The molecule has 0 radical (unpaired) electrons. The highest BCUT2D eigenvalue weighted by Gasteiger charge is 2.24. The molecule has 86 valence electrons. The summed E-state index contributed by atoms with van der Waals surface area (Å²) in [6, 6.07) is 2.69. The number of nitrogens with zero attached hydrogens (tertiary/aromatic N) is 1. The first-order valence-electron chi connectivity index (χ1n) is 6.17. The molecule has 3 rings (SSSR count). The first-order chi connectivity index (χ1) is 7.86. The molecule has 0 unspecified atom stereocenters. The van der Waals surface area contributed by atoms with Gasteiger partial charge in [0.2, 0.25) is 0 Å². The van der Waals surface area contributed by atoms with Gasteiger partial charge in [-0.1, -0.05) is 0 Å². The van der Waals surface area contributed by atoms with E-state index in [1.807, 2.05) is 6.07 Å². The van der Waals surface area contributed by atoms with Gasteiger partial charge in [0.05, 0.1) is 0 Å². The Labute approximate surface area is 100 Å². The second-order valence-electron chi connectivity index (χ2n) is 4.70. The van der Waals surface area contributed by atoms with Gasteiger partial charge in [-0.15, -0.1) is 0 Å². The van der Waals surface area contributed by atoms with Crippen LogP contribution in [0, 0.1) is 0 Å². The van der Waals surface area contributed by atoms with Gasteiger partial charge < -0.3 is 4.57 Å². The number of thioether (sulfide) groups is 1. The molecular weight excluding hydrogens is 218 g/mol. The molecule has 2 heterocycles. The molecule has 1 saturated heterocycles. The number of ketones is 1. The van der Waals surface area contributed by atoms with Gasteiger partial charge in [-0.3, -0.25) is 4.79 Å². The highest BCUT2D eigenvalue weighted by atomic mass is 32.2. The zero-order chi connectivity index (χ0) is 11.0. The number of aromatic nitrogens is 1. The van der Waals surface area contributed by atoms with Crippen LogP contribution in [0.4, 0.5) is 0 Å². The molecule has 1 aliphatic carbocycles. The Kier molecular flexibility index (Phi) is 2.80. The van der Waals surface area contributed by atoms with Crippen molar-refractivity contribution in [2.24, 2.45) is 0 Å². The van der Waals surface area contributed by atoms with Crippen LogP contribution in [0.3, 0.4) is 0 Å². The number of rotatable bonds is 1. The van der Waals surface area contributed by atoms with Gasteiger partial charge >= 0.3 is 0 Å². The molecule has 1 fully saturated rings. The van der Waals surface area contributed by atoms with E-state index in [0.29, 0.717) is 11.8 Å². The SMILES string of the molecule is O=C1CCCc2c1ccn2C1CCSCC1. The third kappa shape index (κ3) is 1.71. The van der Waals surface area contributed by atoms with Gasteiger partial charge in [-0.25, -0.2) is 0 Å². The van der Waals surface area contributed by atoms with Crippen LogP contribution in [0.5, 0.6) is 0 Å². The molecule has 0 aromatic carbocycles. The van der Waals surface area contributed by atoms with E-state index in [-0.39, 0.29) is 0 Å². The van der Waals surface area contributed by atoms with Crippen LogP contribution < -0.4 is 0 Å². The first kappa shape index (κ1) is 10.5. The van der Waals surface area contributed by atoms with Gasteiger partial charge in [0.1, 0.15) is 0 Å². The average Bonchev–Trinajstić information content (AvgIpc) is 2.75. The van der Waals surface area contributed by atoms with Crippen molar-refractivity contribution in [2.45, 2.75) is 38.1 Å². The topological polar surface area (TPSA) is 22.0 Å². The van der Waals surface area contributed by atoms with Gasteiger partial charge in [0, 0.05) is 29.9 Å². The Hall–Kier alpha value is -0.700. The molecule has 0 spiro atoms. The lowest BCUT2D eigenvalue weighted by molar-refractivity contribution is 0.0971. The predicted molar refractivity (Wildman–Crippen MR) is 67.3 cm³/mol. The molecule has 2 nitrogen and oxygen atoms in total. The number of hydrogen-bond acceptors (Lipinski definition) is 2. The van der Waals surface area contributed by atoms with Crippen molar-refractivity contribution in [3.8, 4) is 0 Å². The van der Waals surface area contributed by atoms with Crippen LogP contribution >= 0.6 is 11.8 Å².